The molecule has 0 heterocycles. The number of benzene rings is 1. The zero-order valence-electron chi connectivity index (χ0n) is 10.4. The molecule has 110 valence electrons. The number of nitrogens with one attached hydrogen (secondary N) is 1. The van der Waals surface area contributed by atoms with E-state index in [9.17, 15) is 28.4 Å². The van der Waals surface area contributed by atoms with Gasteiger partial charge < -0.3 is 14.6 Å². The lowest BCUT2D eigenvalue weighted by molar-refractivity contribution is -0.386. The maximum atomic E-state index is 11.8. The van der Waals surface area contributed by atoms with Crippen LogP contribution in [0.2, 0.25) is 0 Å². The van der Waals surface area contributed by atoms with Gasteiger partial charge in [-0.2, -0.15) is 0 Å². The molecule has 20 heavy (non-hydrogen) atoms. The summed E-state index contributed by atoms with van der Waals surface area (Å²) in [5, 5.41) is 21.0. The van der Waals surface area contributed by atoms with Crippen LogP contribution in [0.5, 0.6) is 5.75 Å². The first kappa shape index (κ1) is 15.9. The monoisotopic (exact) mass is 303 g/mol. The third-order valence-electron chi connectivity index (χ3n) is 2.28. The summed E-state index contributed by atoms with van der Waals surface area (Å²) in [6, 6.07) is 3.10. The van der Waals surface area contributed by atoms with Crippen LogP contribution in [0.15, 0.2) is 23.1 Å². The van der Waals surface area contributed by atoms with Crippen molar-refractivity contribution in [3.8, 4) is 5.75 Å². The second-order valence-electron chi connectivity index (χ2n) is 3.61. The van der Waals surface area contributed by atoms with Crippen LogP contribution in [0.4, 0.5) is 5.69 Å². The van der Waals surface area contributed by atoms with Crippen molar-refractivity contribution in [2.45, 2.75) is 11.3 Å². The molecular formula is C10H11N2O7S-. The van der Waals surface area contributed by atoms with E-state index in [1.54, 1.807) is 0 Å². The molecule has 0 radical (unpaired) electrons. The number of nitro benzene ring substituents is 1. The van der Waals surface area contributed by atoms with Gasteiger partial charge in [0, 0.05) is 25.0 Å². The molecule has 0 spiro atoms. The number of ether oxygens (including phenoxy) is 1. The first-order chi connectivity index (χ1) is 9.27. The Labute approximate surface area is 114 Å². The Kier molecular flexibility index (Phi) is 5.00. The van der Waals surface area contributed by atoms with Gasteiger partial charge in [0.05, 0.1) is 16.9 Å². The zero-order chi connectivity index (χ0) is 15.3. The maximum absolute atomic E-state index is 11.8. The first-order valence-electron chi connectivity index (χ1n) is 5.30. The van der Waals surface area contributed by atoms with E-state index in [0.29, 0.717) is 0 Å². The molecule has 1 N–H and O–H groups in total. The molecule has 1 rings (SSSR count). The summed E-state index contributed by atoms with van der Waals surface area (Å²) < 4.78 is 30.3. The number of carbonyl (C=O) groups excluding carboxylic acids is 1. The van der Waals surface area contributed by atoms with E-state index in [1.165, 1.54) is 7.11 Å². The van der Waals surface area contributed by atoms with Gasteiger partial charge in [0.25, 0.3) is 0 Å². The molecule has 0 aromatic heterocycles. The van der Waals surface area contributed by atoms with Gasteiger partial charge in [-0.3, -0.25) is 10.1 Å². The summed E-state index contributed by atoms with van der Waals surface area (Å²) in [5.74, 6) is -1.49. The van der Waals surface area contributed by atoms with Gasteiger partial charge >= 0.3 is 5.69 Å². The minimum absolute atomic E-state index is 0.0799. The highest BCUT2D eigenvalue weighted by molar-refractivity contribution is 7.89. The molecule has 1 aromatic rings. The second kappa shape index (κ2) is 6.30. The van der Waals surface area contributed by atoms with E-state index in [4.69, 9.17) is 4.74 Å². The van der Waals surface area contributed by atoms with Crippen molar-refractivity contribution in [2.75, 3.05) is 13.7 Å². The summed E-state index contributed by atoms with van der Waals surface area (Å²) in [5.41, 5.74) is -0.504. The zero-order valence-corrected chi connectivity index (χ0v) is 11.2. The van der Waals surface area contributed by atoms with Crippen molar-refractivity contribution in [1.29, 1.82) is 0 Å². The second-order valence-corrected chi connectivity index (χ2v) is 5.38. The van der Waals surface area contributed by atoms with E-state index >= 15 is 0 Å². The van der Waals surface area contributed by atoms with Crippen LogP contribution in [-0.4, -0.2) is 33.0 Å². The molecule has 1 aromatic carbocycles. The SMILES string of the molecule is COc1ccc(S(=O)(=O)NCCC(=O)[O-])cc1[N+](=O)[O-]. The quantitative estimate of drug-likeness (QED) is 0.504. The number of nitrogens with zero attached hydrogens (tertiary/aromatic N) is 1. The summed E-state index contributed by atoms with van der Waals surface area (Å²) in [6.45, 7) is -0.371. The van der Waals surface area contributed by atoms with Crippen LogP contribution in [-0.2, 0) is 14.8 Å². The normalized spacial score (nSPS) is 11.1. The van der Waals surface area contributed by atoms with Crippen molar-refractivity contribution in [1.82, 2.24) is 4.72 Å². The molecule has 0 bridgehead atoms. The molecule has 0 fully saturated rings. The van der Waals surface area contributed by atoms with Crippen LogP contribution < -0.4 is 14.6 Å². The number of carboxylic acid groups (broad SMARTS) is 1. The minimum atomic E-state index is -4.04. The molecule has 10 heteroatoms. The molecule has 0 aliphatic rings. The third-order valence-corrected chi connectivity index (χ3v) is 3.74. The number of hydrogen-bond donors (Lipinski definition) is 1. The first-order valence-corrected chi connectivity index (χ1v) is 6.78. The number of nitro groups is 1. The predicted octanol–water partition coefficient (Wildman–Crippen LogP) is -0.978. The highest BCUT2D eigenvalue weighted by atomic mass is 32.2. The van der Waals surface area contributed by atoms with Crippen LogP contribution in [0.25, 0.3) is 0 Å². The minimum Gasteiger partial charge on any atom is -0.550 e. The van der Waals surface area contributed by atoms with Gasteiger partial charge in [-0.1, -0.05) is 0 Å². The number of rotatable bonds is 7. The molecule has 0 amide bonds. The number of carbonyl (C=O) groups is 1. The average molecular weight is 303 g/mol. The third kappa shape index (κ3) is 3.90. The number of sulfonamides is 1. The summed E-state index contributed by atoms with van der Waals surface area (Å²) >= 11 is 0. The van der Waals surface area contributed by atoms with Crippen LogP contribution in [0, 0.1) is 10.1 Å². The lowest BCUT2D eigenvalue weighted by Gasteiger charge is -2.08. The Balaban J connectivity index is 3.04. The maximum Gasteiger partial charge on any atom is 0.312 e. The fourth-order valence-corrected chi connectivity index (χ4v) is 2.40. The molecule has 0 saturated carbocycles. The Hall–Kier alpha value is -2.20. The number of aliphatic carboxylic acids is 1. The van der Waals surface area contributed by atoms with Gasteiger partial charge in [-0.25, -0.2) is 13.1 Å². The topological polar surface area (TPSA) is 139 Å². The van der Waals surface area contributed by atoms with Gasteiger partial charge in [0.2, 0.25) is 10.0 Å². The van der Waals surface area contributed by atoms with Crippen LogP contribution in [0.1, 0.15) is 6.42 Å². The lowest BCUT2D eigenvalue weighted by atomic mass is 10.3. The molecule has 0 aliphatic carbocycles. The van der Waals surface area contributed by atoms with Crippen molar-refractivity contribution >= 4 is 21.7 Å². The van der Waals surface area contributed by atoms with Crippen LogP contribution in [0.3, 0.4) is 0 Å². The molecule has 0 saturated heterocycles. The van der Waals surface area contributed by atoms with E-state index < -0.39 is 33.0 Å². The van der Waals surface area contributed by atoms with Crippen molar-refractivity contribution in [3.05, 3.63) is 28.3 Å². The standard InChI is InChI=1S/C10H12N2O7S/c1-19-9-3-2-7(6-8(9)12(15)16)20(17,18)11-5-4-10(13)14/h2-3,6,11H,4-5H2,1H3,(H,13,14)/p-1. The van der Waals surface area contributed by atoms with Gasteiger partial charge in [0.15, 0.2) is 5.75 Å². The Morgan fingerprint density at radius 1 is 1.45 bits per heavy atom. The van der Waals surface area contributed by atoms with E-state index in [2.05, 4.69) is 0 Å². The van der Waals surface area contributed by atoms with Gasteiger partial charge in [-0.05, 0) is 12.1 Å². The Morgan fingerprint density at radius 2 is 2.10 bits per heavy atom. The Morgan fingerprint density at radius 3 is 2.60 bits per heavy atom. The summed E-state index contributed by atoms with van der Waals surface area (Å²) in [6.07, 6.45) is -0.503. The number of hydrogen-bond acceptors (Lipinski definition) is 7. The fraction of sp³-hybridized carbons (Fsp3) is 0.300. The van der Waals surface area contributed by atoms with Crippen molar-refractivity contribution in [2.24, 2.45) is 0 Å². The van der Waals surface area contributed by atoms with E-state index in [1.807, 2.05) is 4.72 Å². The van der Waals surface area contributed by atoms with Crippen molar-refractivity contribution < 1.29 is 28.0 Å². The van der Waals surface area contributed by atoms with E-state index in [-0.39, 0.29) is 17.2 Å². The lowest BCUT2D eigenvalue weighted by Crippen LogP contribution is -2.31. The number of carboxylic acids is 1. The molecule has 0 unspecified atom stereocenters. The average Bonchev–Trinajstić information content (AvgIpc) is 2.37. The highest BCUT2D eigenvalue weighted by Crippen LogP contribution is 2.29. The Bertz CT molecular complexity index is 626. The van der Waals surface area contributed by atoms with Crippen LogP contribution >= 0.6 is 0 Å². The molecule has 0 aliphatic heterocycles. The highest BCUT2D eigenvalue weighted by Gasteiger charge is 2.21. The number of methoxy groups -OCH3 is 1. The van der Waals surface area contributed by atoms with Crippen molar-refractivity contribution in [3.63, 3.8) is 0 Å². The van der Waals surface area contributed by atoms with Gasteiger partial charge in [-0.15, -0.1) is 0 Å². The predicted molar refractivity (Wildman–Crippen MR) is 64.5 cm³/mol. The molecule has 0 atom stereocenters. The molecular weight excluding hydrogens is 292 g/mol. The van der Waals surface area contributed by atoms with E-state index in [0.717, 1.165) is 18.2 Å². The largest absolute Gasteiger partial charge is 0.550 e. The summed E-state index contributed by atoms with van der Waals surface area (Å²) in [7, 11) is -2.82. The summed E-state index contributed by atoms with van der Waals surface area (Å²) in [4.78, 5) is 19.8. The van der Waals surface area contributed by atoms with Gasteiger partial charge in [0.1, 0.15) is 0 Å². The molecule has 9 nitrogen and oxygen atoms in total. The fourth-order valence-electron chi connectivity index (χ4n) is 1.35. The smallest absolute Gasteiger partial charge is 0.312 e.